The number of carboxylic acid groups (broad SMARTS) is 1. The van der Waals surface area contributed by atoms with Crippen LogP contribution in [-0.4, -0.2) is 17.0 Å². The zero-order valence-electron chi connectivity index (χ0n) is 10.0. The predicted octanol–water partition coefficient (Wildman–Crippen LogP) is 2.91. The van der Waals surface area contributed by atoms with Gasteiger partial charge in [-0.1, -0.05) is 12.1 Å². The molecule has 0 spiro atoms. The van der Waals surface area contributed by atoms with E-state index in [-0.39, 0.29) is 22.5 Å². The molecule has 2 aromatic rings. The first kappa shape index (κ1) is 14.1. The maximum Gasteiger partial charge on any atom is 0.338 e. The summed E-state index contributed by atoms with van der Waals surface area (Å²) in [7, 11) is 0. The highest BCUT2D eigenvalue weighted by Gasteiger charge is 2.16. The first-order valence-electron chi connectivity index (χ1n) is 5.52. The summed E-state index contributed by atoms with van der Waals surface area (Å²) in [5.74, 6) is -3.89. The summed E-state index contributed by atoms with van der Waals surface area (Å²) in [4.78, 5) is 22.6. The fraction of sp³-hybridized carbons (Fsp3) is 0.0769. The molecule has 0 atom stereocenters. The molecular formula is C13H9F2NO3S. The van der Waals surface area contributed by atoms with Gasteiger partial charge in [0.2, 0.25) is 5.91 Å². The first-order valence-corrected chi connectivity index (χ1v) is 6.40. The number of amides is 1. The van der Waals surface area contributed by atoms with Crippen molar-refractivity contribution in [1.82, 2.24) is 0 Å². The summed E-state index contributed by atoms with van der Waals surface area (Å²) in [6, 6.07) is 4.91. The molecule has 1 aromatic heterocycles. The fourth-order valence-corrected chi connectivity index (χ4v) is 2.40. The van der Waals surface area contributed by atoms with E-state index in [9.17, 15) is 18.4 Å². The number of thiophene rings is 1. The fourth-order valence-electron chi connectivity index (χ4n) is 1.60. The average Bonchev–Trinajstić information content (AvgIpc) is 2.83. The van der Waals surface area contributed by atoms with E-state index in [1.54, 1.807) is 0 Å². The van der Waals surface area contributed by atoms with Crippen LogP contribution in [0.2, 0.25) is 0 Å². The number of carboxylic acids is 1. The van der Waals surface area contributed by atoms with Gasteiger partial charge in [0.25, 0.3) is 0 Å². The van der Waals surface area contributed by atoms with Crippen LogP contribution in [0.3, 0.4) is 0 Å². The van der Waals surface area contributed by atoms with Crippen LogP contribution in [0.25, 0.3) is 0 Å². The third-order valence-corrected chi connectivity index (χ3v) is 3.36. The van der Waals surface area contributed by atoms with Crippen molar-refractivity contribution in [1.29, 1.82) is 0 Å². The van der Waals surface area contributed by atoms with Crippen molar-refractivity contribution in [3.63, 3.8) is 0 Å². The van der Waals surface area contributed by atoms with E-state index in [4.69, 9.17) is 5.11 Å². The summed E-state index contributed by atoms with van der Waals surface area (Å²) in [6.45, 7) is 0. The van der Waals surface area contributed by atoms with Gasteiger partial charge in [0.05, 0.1) is 12.0 Å². The quantitative estimate of drug-likeness (QED) is 0.912. The zero-order valence-corrected chi connectivity index (χ0v) is 10.8. The summed E-state index contributed by atoms with van der Waals surface area (Å²) >= 11 is 1.04. The van der Waals surface area contributed by atoms with E-state index in [0.717, 1.165) is 17.4 Å². The van der Waals surface area contributed by atoms with Gasteiger partial charge >= 0.3 is 5.97 Å². The molecular weight excluding hydrogens is 288 g/mol. The molecule has 0 saturated heterocycles. The van der Waals surface area contributed by atoms with Gasteiger partial charge in [-0.15, -0.1) is 11.3 Å². The number of hydrogen-bond donors (Lipinski definition) is 2. The molecule has 1 heterocycles. The minimum atomic E-state index is -1.17. The minimum absolute atomic E-state index is 0.0388. The average molecular weight is 297 g/mol. The number of halogens is 2. The van der Waals surface area contributed by atoms with Crippen molar-refractivity contribution < 1.29 is 23.5 Å². The summed E-state index contributed by atoms with van der Waals surface area (Å²) in [5, 5.41) is 12.9. The van der Waals surface area contributed by atoms with E-state index in [0.29, 0.717) is 0 Å². The molecule has 0 radical (unpaired) electrons. The van der Waals surface area contributed by atoms with Crippen LogP contribution in [0.15, 0.2) is 29.6 Å². The standard InChI is InChI=1S/C13H9F2NO3S/c14-9-3-1-2-7(11(9)15)6-10(17)16-12-8(13(18)19)4-5-20-12/h1-5H,6H2,(H,16,17)(H,18,19). The number of anilines is 1. The molecule has 2 N–H and O–H groups in total. The van der Waals surface area contributed by atoms with Crippen molar-refractivity contribution in [2.75, 3.05) is 5.32 Å². The van der Waals surface area contributed by atoms with Gasteiger partial charge in [0, 0.05) is 5.56 Å². The molecule has 0 bridgehead atoms. The Hall–Kier alpha value is -2.28. The van der Waals surface area contributed by atoms with Gasteiger partial charge in [0.15, 0.2) is 11.6 Å². The topological polar surface area (TPSA) is 66.4 Å². The van der Waals surface area contributed by atoms with Crippen molar-refractivity contribution in [2.24, 2.45) is 0 Å². The Morgan fingerprint density at radius 2 is 2.00 bits per heavy atom. The van der Waals surface area contributed by atoms with Gasteiger partial charge in [-0.25, -0.2) is 13.6 Å². The van der Waals surface area contributed by atoms with Crippen LogP contribution in [0, 0.1) is 11.6 Å². The van der Waals surface area contributed by atoms with E-state index >= 15 is 0 Å². The number of carbonyl (C=O) groups is 2. The second-order valence-corrected chi connectivity index (χ2v) is 4.82. The lowest BCUT2D eigenvalue weighted by Gasteiger charge is -2.05. The van der Waals surface area contributed by atoms with E-state index in [1.165, 1.54) is 23.6 Å². The molecule has 0 aliphatic carbocycles. The van der Waals surface area contributed by atoms with Crippen LogP contribution < -0.4 is 5.32 Å². The van der Waals surface area contributed by atoms with Gasteiger partial charge in [-0.2, -0.15) is 0 Å². The lowest BCUT2D eigenvalue weighted by molar-refractivity contribution is -0.115. The summed E-state index contributed by atoms with van der Waals surface area (Å²) < 4.78 is 26.4. The first-order chi connectivity index (χ1) is 9.49. The minimum Gasteiger partial charge on any atom is -0.478 e. The third-order valence-electron chi connectivity index (χ3n) is 2.53. The molecule has 0 unspecified atom stereocenters. The molecule has 1 aromatic carbocycles. The molecule has 20 heavy (non-hydrogen) atoms. The monoisotopic (exact) mass is 297 g/mol. The number of hydrogen-bond acceptors (Lipinski definition) is 3. The molecule has 7 heteroatoms. The maximum absolute atomic E-state index is 13.4. The van der Waals surface area contributed by atoms with Gasteiger partial charge in [-0.05, 0) is 17.5 Å². The molecule has 104 valence electrons. The predicted molar refractivity (Wildman–Crippen MR) is 70.0 cm³/mol. The van der Waals surface area contributed by atoms with Crippen LogP contribution >= 0.6 is 11.3 Å². The second kappa shape index (κ2) is 5.79. The molecule has 0 saturated carbocycles. The molecule has 0 fully saturated rings. The zero-order chi connectivity index (χ0) is 14.7. The van der Waals surface area contributed by atoms with E-state index in [2.05, 4.69) is 5.32 Å². The van der Waals surface area contributed by atoms with E-state index in [1.807, 2.05) is 0 Å². The smallest absolute Gasteiger partial charge is 0.338 e. The van der Waals surface area contributed by atoms with Crippen LogP contribution in [0.1, 0.15) is 15.9 Å². The lowest BCUT2D eigenvalue weighted by atomic mass is 10.1. The van der Waals surface area contributed by atoms with Gasteiger partial charge in [0.1, 0.15) is 5.00 Å². The van der Waals surface area contributed by atoms with Crippen molar-refractivity contribution >= 4 is 28.2 Å². The summed E-state index contributed by atoms with van der Waals surface area (Å²) in [6.07, 6.45) is -0.374. The Labute approximate surface area is 116 Å². The normalized spacial score (nSPS) is 10.3. The highest BCUT2D eigenvalue weighted by molar-refractivity contribution is 7.14. The van der Waals surface area contributed by atoms with Crippen molar-refractivity contribution in [2.45, 2.75) is 6.42 Å². The largest absolute Gasteiger partial charge is 0.478 e. The Kier molecular flexibility index (Phi) is 4.09. The number of rotatable bonds is 4. The molecule has 2 rings (SSSR count). The Morgan fingerprint density at radius 3 is 2.70 bits per heavy atom. The lowest BCUT2D eigenvalue weighted by Crippen LogP contribution is -2.16. The highest BCUT2D eigenvalue weighted by Crippen LogP contribution is 2.23. The Morgan fingerprint density at radius 1 is 1.25 bits per heavy atom. The SMILES string of the molecule is O=C(Cc1cccc(F)c1F)Nc1sccc1C(=O)O. The number of carbonyl (C=O) groups excluding carboxylic acids is 1. The van der Waals surface area contributed by atoms with E-state index < -0.39 is 23.5 Å². The number of benzene rings is 1. The Bertz CT molecular complexity index is 669. The maximum atomic E-state index is 13.4. The molecule has 0 aliphatic heterocycles. The van der Waals surface area contributed by atoms with Crippen LogP contribution in [0.5, 0.6) is 0 Å². The number of aromatic carboxylic acids is 1. The summed E-state index contributed by atoms with van der Waals surface area (Å²) in [5.41, 5.74) is -0.126. The Balaban J connectivity index is 2.11. The third kappa shape index (κ3) is 3.00. The van der Waals surface area contributed by atoms with Crippen LogP contribution in [0.4, 0.5) is 13.8 Å². The molecule has 4 nitrogen and oxygen atoms in total. The number of nitrogens with one attached hydrogen (secondary N) is 1. The molecule has 1 amide bonds. The second-order valence-electron chi connectivity index (χ2n) is 3.91. The van der Waals surface area contributed by atoms with Gasteiger partial charge in [-0.3, -0.25) is 4.79 Å². The van der Waals surface area contributed by atoms with Crippen LogP contribution in [-0.2, 0) is 11.2 Å². The van der Waals surface area contributed by atoms with Gasteiger partial charge < -0.3 is 10.4 Å². The van der Waals surface area contributed by atoms with Crippen molar-refractivity contribution in [3.05, 3.63) is 52.4 Å². The highest BCUT2D eigenvalue weighted by atomic mass is 32.1. The molecule has 0 aliphatic rings. The van der Waals surface area contributed by atoms with Crippen molar-refractivity contribution in [3.8, 4) is 0 Å².